The van der Waals surface area contributed by atoms with Gasteiger partial charge in [0.15, 0.2) is 11.5 Å². The van der Waals surface area contributed by atoms with Gasteiger partial charge in [0.2, 0.25) is 12.7 Å². The number of carbonyl (C=O) groups is 2. The first kappa shape index (κ1) is 26.8. The van der Waals surface area contributed by atoms with Crippen LogP contribution in [0.15, 0.2) is 91.0 Å². The summed E-state index contributed by atoms with van der Waals surface area (Å²) in [5.41, 5.74) is 4.40. The van der Waals surface area contributed by atoms with Gasteiger partial charge in [-0.3, -0.25) is 14.5 Å². The van der Waals surface area contributed by atoms with Crippen LogP contribution < -0.4 is 24.4 Å². The molecule has 1 unspecified atom stereocenters. The number of nitrogens with zero attached hydrogens (tertiary/aromatic N) is 2. The Balaban J connectivity index is 0.979. The number of hydrogen-bond donors (Lipinski definition) is 1. The summed E-state index contributed by atoms with van der Waals surface area (Å²) in [7, 11) is 0. The molecule has 4 heterocycles. The maximum atomic E-state index is 14.4. The van der Waals surface area contributed by atoms with Crippen LogP contribution in [0.25, 0.3) is 0 Å². The third kappa shape index (κ3) is 4.48. The average molecular weight is 588 g/mol. The summed E-state index contributed by atoms with van der Waals surface area (Å²) >= 11 is 0. The summed E-state index contributed by atoms with van der Waals surface area (Å²) in [4.78, 5) is 32.0. The molecule has 222 valence electrons. The topological polar surface area (TPSA) is 80.3 Å². The van der Waals surface area contributed by atoms with E-state index in [0.717, 1.165) is 54.9 Å². The van der Waals surface area contributed by atoms with Crippen molar-refractivity contribution in [2.75, 3.05) is 31.4 Å². The fourth-order valence-electron chi connectivity index (χ4n) is 7.06. The van der Waals surface area contributed by atoms with E-state index in [2.05, 4.69) is 34.5 Å². The first-order valence-electron chi connectivity index (χ1n) is 15.2. The quantitative estimate of drug-likeness (QED) is 0.341. The lowest BCUT2D eigenvalue weighted by Crippen LogP contribution is -2.44. The SMILES string of the molecule is O=C(NC1CCN(Cc2ccccc2)CC1)c1cccc(CN2C(=O)C3(COc4cc5c(cc43)OCO5)c3ccccc32)c1. The van der Waals surface area contributed by atoms with Crippen molar-refractivity contribution in [2.24, 2.45) is 0 Å². The fourth-order valence-corrected chi connectivity index (χ4v) is 7.06. The molecule has 0 bridgehead atoms. The molecule has 1 atom stereocenters. The molecule has 44 heavy (non-hydrogen) atoms. The van der Waals surface area contributed by atoms with Crippen molar-refractivity contribution in [1.29, 1.82) is 0 Å². The van der Waals surface area contributed by atoms with Gasteiger partial charge in [0.05, 0.1) is 6.54 Å². The van der Waals surface area contributed by atoms with Crippen molar-refractivity contribution < 1.29 is 23.8 Å². The van der Waals surface area contributed by atoms with Crippen molar-refractivity contribution in [1.82, 2.24) is 10.2 Å². The maximum absolute atomic E-state index is 14.4. The summed E-state index contributed by atoms with van der Waals surface area (Å²) in [6.07, 6.45) is 1.84. The second-order valence-electron chi connectivity index (χ2n) is 12.0. The molecule has 1 saturated heterocycles. The molecule has 4 aliphatic heterocycles. The third-order valence-electron chi connectivity index (χ3n) is 9.35. The van der Waals surface area contributed by atoms with Crippen LogP contribution in [0.3, 0.4) is 0 Å². The van der Waals surface area contributed by atoms with Gasteiger partial charge in [-0.1, -0.05) is 60.7 Å². The zero-order chi connectivity index (χ0) is 29.7. The Kier molecular flexibility index (Phi) is 6.52. The average Bonchev–Trinajstić information content (AvgIpc) is 3.74. The van der Waals surface area contributed by atoms with Crippen LogP contribution in [0.2, 0.25) is 0 Å². The molecule has 4 aliphatic rings. The van der Waals surface area contributed by atoms with Crippen LogP contribution in [0.4, 0.5) is 5.69 Å². The number of amides is 2. The Labute approximate surface area is 256 Å². The minimum Gasteiger partial charge on any atom is -0.491 e. The van der Waals surface area contributed by atoms with E-state index < -0.39 is 5.41 Å². The normalized spacial score (nSPS) is 20.5. The predicted octanol–water partition coefficient (Wildman–Crippen LogP) is 5.04. The molecule has 4 aromatic rings. The number of likely N-dealkylation sites (tertiary alicyclic amines) is 1. The summed E-state index contributed by atoms with van der Waals surface area (Å²) in [6, 6.07) is 29.9. The van der Waals surface area contributed by atoms with Gasteiger partial charge in [0.25, 0.3) is 5.91 Å². The highest BCUT2D eigenvalue weighted by Gasteiger charge is 2.57. The molecule has 1 N–H and O–H groups in total. The Morgan fingerprint density at radius 2 is 1.52 bits per heavy atom. The van der Waals surface area contributed by atoms with E-state index in [1.807, 2.05) is 71.6 Å². The van der Waals surface area contributed by atoms with E-state index in [4.69, 9.17) is 14.2 Å². The van der Waals surface area contributed by atoms with Gasteiger partial charge in [0, 0.05) is 48.6 Å². The molecule has 8 rings (SSSR count). The number of rotatable bonds is 6. The molecular formula is C36H33N3O5. The van der Waals surface area contributed by atoms with Crippen molar-refractivity contribution in [3.8, 4) is 17.2 Å². The lowest BCUT2D eigenvalue weighted by atomic mass is 9.77. The van der Waals surface area contributed by atoms with Crippen LogP contribution >= 0.6 is 0 Å². The zero-order valence-electron chi connectivity index (χ0n) is 24.3. The molecule has 0 aromatic heterocycles. The molecule has 0 aliphatic carbocycles. The minimum absolute atomic E-state index is 0.0477. The Morgan fingerprint density at radius 1 is 0.773 bits per heavy atom. The van der Waals surface area contributed by atoms with E-state index >= 15 is 0 Å². The highest BCUT2D eigenvalue weighted by Crippen LogP contribution is 2.55. The second kappa shape index (κ2) is 10.7. The monoisotopic (exact) mass is 587 g/mol. The molecule has 4 aromatic carbocycles. The molecule has 1 fully saturated rings. The number of carbonyl (C=O) groups excluding carboxylic acids is 2. The lowest BCUT2D eigenvalue weighted by molar-refractivity contribution is -0.122. The number of fused-ring (bicyclic) bond motifs is 5. The van der Waals surface area contributed by atoms with Gasteiger partial charge < -0.3 is 24.4 Å². The fraction of sp³-hybridized carbons (Fsp3) is 0.278. The molecule has 8 heteroatoms. The van der Waals surface area contributed by atoms with Crippen molar-refractivity contribution >= 4 is 17.5 Å². The Hall–Kier alpha value is -4.82. The molecule has 2 amide bonds. The third-order valence-corrected chi connectivity index (χ3v) is 9.35. The molecular weight excluding hydrogens is 554 g/mol. The number of hydrogen-bond acceptors (Lipinski definition) is 6. The number of anilines is 1. The van der Waals surface area contributed by atoms with Crippen LogP contribution in [-0.2, 0) is 23.3 Å². The zero-order valence-corrected chi connectivity index (χ0v) is 24.3. The highest BCUT2D eigenvalue weighted by atomic mass is 16.7. The molecule has 0 radical (unpaired) electrons. The van der Waals surface area contributed by atoms with E-state index in [1.54, 1.807) is 0 Å². The van der Waals surface area contributed by atoms with Gasteiger partial charge in [0.1, 0.15) is 17.8 Å². The molecule has 1 spiro atoms. The Morgan fingerprint density at radius 3 is 2.36 bits per heavy atom. The molecule has 0 saturated carbocycles. The summed E-state index contributed by atoms with van der Waals surface area (Å²) in [6.45, 7) is 3.55. The van der Waals surface area contributed by atoms with Gasteiger partial charge in [-0.25, -0.2) is 0 Å². The number of benzene rings is 4. The van der Waals surface area contributed by atoms with Gasteiger partial charge in [-0.2, -0.15) is 0 Å². The van der Waals surface area contributed by atoms with E-state index in [-0.39, 0.29) is 31.3 Å². The maximum Gasteiger partial charge on any atom is 0.251 e. The van der Waals surface area contributed by atoms with Gasteiger partial charge >= 0.3 is 0 Å². The van der Waals surface area contributed by atoms with Crippen LogP contribution in [0.5, 0.6) is 17.2 Å². The van der Waals surface area contributed by atoms with Gasteiger partial charge in [-0.05, 0) is 53.8 Å². The number of para-hydroxylation sites is 1. The van der Waals surface area contributed by atoms with Crippen LogP contribution in [0, 0.1) is 0 Å². The summed E-state index contributed by atoms with van der Waals surface area (Å²) in [5, 5.41) is 3.25. The second-order valence-corrected chi connectivity index (χ2v) is 12.0. The minimum atomic E-state index is -0.961. The van der Waals surface area contributed by atoms with Crippen molar-refractivity contribution in [3.05, 3.63) is 119 Å². The molecule has 8 nitrogen and oxygen atoms in total. The first-order valence-corrected chi connectivity index (χ1v) is 15.2. The number of nitrogens with one attached hydrogen (secondary N) is 1. The van der Waals surface area contributed by atoms with Crippen molar-refractivity contribution in [3.63, 3.8) is 0 Å². The lowest BCUT2D eigenvalue weighted by Gasteiger charge is -2.32. The van der Waals surface area contributed by atoms with E-state index in [0.29, 0.717) is 29.4 Å². The Bertz CT molecular complexity index is 1750. The number of ether oxygens (including phenoxy) is 3. The smallest absolute Gasteiger partial charge is 0.251 e. The number of piperidine rings is 1. The predicted molar refractivity (Wildman–Crippen MR) is 165 cm³/mol. The van der Waals surface area contributed by atoms with Crippen molar-refractivity contribution in [2.45, 2.75) is 37.4 Å². The summed E-state index contributed by atoms with van der Waals surface area (Å²) < 4.78 is 17.3. The highest BCUT2D eigenvalue weighted by molar-refractivity contribution is 6.11. The largest absolute Gasteiger partial charge is 0.491 e. The standard InChI is InChI=1S/C36H33N3O5/c40-34(37-27-13-15-38(16-14-27)20-24-7-2-1-3-8-24)26-10-6-9-25(17-26)21-39-30-12-5-4-11-28(30)36(35(39)41)22-42-31-19-33-32(18-29(31)36)43-23-44-33/h1-12,17-19,27H,13-16,20-23H2,(H,37,40). The van der Waals surface area contributed by atoms with E-state index in [1.165, 1.54) is 5.56 Å². The van der Waals surface area contributed by atoms with Gasteiger partial charge in [-0.15, -0.1) is 0 Å². The summed E-state index contributed by atoms with van der Waals surface area (Å²) in [5.74, 6) is 1.77. The first-order chi connectivity index (χ1) is 21.6. The van der Waals surface area contributed by atoms with E-state index in [9.17, 15) is 9.59 Å². The van der Waals surface area contributed by atoms with Crippen LogP contribution in [0.1, 0.15) is 45.5 Å². The van der Waals surface area contributed by atoms with Crippen LogP contribution in [-0.4, -0.2) is 49.2 Å².